The second-order valence-corrected chi connectivity index (χ2v) is 6.25. The third-order valence-corrected chi connectivity index (χ3v) is 4.36. The number of nitrogens with zero attached hydrogens (tertiary/aromatic N) is 1. The molecule has 0 saturated heterocycles. The lowest BCUT2D eigenvalue weighted by Crippen LogP contribution is -2.43. The Kier molecular flexibility index (Phi) is 4.37. The van der Waals surface area contributed by atoms with Crippen molar-refractivity contribution in [3.05, 3.63) is 59.2 Å². The topological polar surface area (TPSA) is 29.5 Å². The van der Waals surface area contributed by atoms with Gasteiger partial charge in [0.2, 0.25) is 0 Å². The van der Waals surface area contributed by atoms with Crippen LogP contribution >= 0.6 is 0 Å². The number of aryl methyl sites for hydroxylation is 3. The summed E-state index contributed by atoms with van der Waals surface area (Å²) in [5.41, 5.74) is 4.52. The summed E-state index contributed by atoms with van der Waals surface area (Å²) in [5, 5.41) is 0. The third-order valence-electron chi connectivity index (χ3n) is 4.36. The number of ether oxygens (including phenoxy) is 1. The highest BCUT2D eigenvalue weighted by molar-refractivity contribution is 5.97. The fourth-order valence-electron chi connectivity index (χ4n) is 3.15. The Morgan fingerprint density at radius 1 is 1.17 bits per heavy atom. The number of rotatable bonds is 3. The lowest BCUT2D eigenvalue weighted by atomic mass is 10.0. The van der Waals surface area contributed by atoms with Gasteiger partial charge in [0, 0.05) is 12.2 Å². The van der Waals surface area contributed by atoms with Crippen LogP contribution in [0.25, 0.3) is 0 Å². The van der Waals surface area contributed by atoms with Crippen LogP contribution in [-0.2, 0) is 11.2 Å². The van der Waals surface area contributed by atoms with Crippen LogP contribution in [0.1, 0.15) is 30.0 Å². The summed E-state index contributed by atoms with van der Waals surface area (Å²) >= 11 is 0. The molecule has 0 N–H and O–H groups in total. The molecule has 2 aromatic carbocycles. The molecule has 1 heterocycles. The molecule has 0 bridgehead atoms. The van der Waals surface area contributed by atoms with E-state index in [-0.39, 0.29) is 5.91 Å². The zero-order valence-electron chi connectivity index (χ0n) is 14.0. The first-order chi connectivity index (χ1) is 11.1. The standard InChI is InChI=1S/C20H23NO2/c1-14-10-11-19(15(2)13-14)23-16(3)20(22)21-12-6-8-17-7-4-5-9-18(17)21/h4-5,7,9-11,13,16H,6,8,12H2,1-3H3/t16-/m0/s1. The van der Waals surface area contributed by atoms with Crippen molar-refractivity contribution in [3.8, 4) is 5.75 Å². The average molecular weight is 309 g/mol. The summed E-state index contributed by atoms with van der Waals surface area (Å²) in [7, 11) is 0. The van der Waals surface area contributed by atoms with Gasteiger partial charge in [-0.25, -0.2) is 0 Å². The summed E-state index contributed by atoms with van der Waals surface area (Å²) in [6.45, 7) is 6.65. The largest absolute Gasteiger partial charge is 0.481 e. The molecule has 23 heavy (non-hydrogen) atoms. The minimum Gasteiger partial charge on any atom is -0.481 e. The quantitative estimate of drug-likeness (QED) is 0.856. The minimum absolute atomic E-state index is 0.0251. The Bertz CT molecular complexity index is 723. The Morgan fingerprint density at radius 2 is 1.96 bits per heavy atom. The van der Waals surface area contributed by atoms with E-state index in [0.29, 0.717) is 0 Å². The van der Waals surface area contributed by atoms with Crippen LogP contribution in [0, 0.1) is 13.8 Å². The Balaban J connectivity index is 1.78. The van der Waals surface area contributed by atoms with E-state index in [1.807, 2.05) is 49.1 Å². The van der Waals surface area contributed by atoms with Crippen LogP contribution < -0.4 is 9.64 Å². The lowest BCUT2D eigenvalue weighted by molar-refractivity contribution is -0.124. The van der Waals surface area contributed by atoms with E-state index in [1.54, 1.807) is 0 Å². The van der Waals surface area contributed by atoms with Gasteiger partial charge >= 0.3 is 0 Å². The fourth-order valence-corrected chi connectivity index (χ4v) is 3.15. The van der Waals surface area contributed by atoms with Gasteiger partial charge in [-0.15, -0.1) is 0 Å². The first-order valence-corrected chi connectivity index (χ1v) is 8.19. The molecule has 0 radical (unpaired) electrons. The summed E-state index contributed by atoms with van der Waals surface area (Å²) in [6, 6.07) is 14.2. The van der Waals surface area contributed by atoms with Crippen LogP contribution in [0.5, 0.6) is 5.75 Å². The predicted octanol–water partition coefficient (Wildman–Crippen LogP) is 4.05. The first-order valence-electron chi connectivity index (χ1n) is 8.19. The molecule has 3 heteroatoms. The number of carbonyl (C=O) groups excluding carboxylic acids is 1. The third kappa shape index (κ3) is 3.24. The minimum atomic E-state index is -0.498. The second kappa shape index (κ2) is 6.45. The molecule has 120 valence electrons. The van der Waals surface area contributed by atoms with E-state index in [9.17, 15) is 4.79 Å². The van der Waals surface area contributed by atoms with Gasteiger partial charge in [-0.05, 0) is 56.9 Å². The average Bonchev–Trinajstić information content (AvgIpc) is 2.56. The highest BCUT2D eigenvalue weighted by Crippen LogP contribution is 2.28. The molecule has 1 amide bonds. The van der Waals surface area contributed by atoms with E-state index in [0.717, 1.165) is 36.4 Å². The number of carbonyl (C=O) groups is 1. The van der Waals surface area contributed by atoms with Crippen LogP contribution in [-0.4, -0.2) is 18.6 Å². The number of fused-ring (bicyclic) bond motifs is 1. The predicted molar refractivity (Wildman–Crippen MR) is 93.1 cm³/mol. The molecule has 1 aliphatic rings. The molecule has 2 aromatic rings. The SMILES string of the molecule is Cc1ccc(O[C@@H](C)C(=O)N2CCCc3ccccc32)c(C)c1. The van der Waals surface area contributed by atoms with Crippen molar-refractivity contribution in [1.29, 1.82) is 0 Å². The molecule has 0 unspecified atom stereocenters. The highest BCUT2D eigenvalue weighted by atomic mass is 16.5. The number of hydrogen-bond donors (Lipinski definition) is 0. The van der Waals surface area contributed by atoms with Crippen molar-refractivity contribution in [1.82, 2.24) is 0 Å². The molecule has 0 fully saturated rings. The van der Waals surface area contributed by atoms with Gasteiger partial charge in [0.05, 0.1) is 0 Å². The smallest absolute Gasteiger partial charge is 0.267 e. The highest BCUT2D eigenvalue weighted by Gasteiger charge is 2.27. The normalized spacial score (nSPS) is 15.0. The maximum atomic E-state index is 12.8. The van der Waals surface area contributed by atoms with Crippen LogP contribution in [0.2, 0.25) is 0 Å². The van der Waals surface area contributed by atoms with Gasteiger partial charge in [0.15, 0.2) is 6.10 Å². The van der Waals surface area contributed by atoms with E-state index >= 15 is 0 Å². The van der Waals surface area contributed by atoms with Gasteiger partial charge in [-0.1, -0.05) is 35.9 Å². The molecule has 3 rings (SSSR count). The van der Waals surface area contributed by atoms with Gasteiger partial charge in [0.25, 0.3) is 5.91 Å². The molecule has 0 spiro atoms. The summed E-state index contributed by atoms with van der Waals surface area (Å²) in [5.74, 6) is 0.805. The molecule has 3 nitrogen and oxygen atoms in total. The van der Waals surface area contributed by atoms with Crippen LogP contribution in [0.3, 0.4) is 0 Å². The molecular weight excluding hydrogens is 286 g/mol. The number of hydrogen-bond acceptors (Lipinski definition) is 2. The molecule has 1 aliphatic heterocycles. The summed E-state index contributed by atoms with van der Waals surface area (Å²) in [4.78, 5) is 14.7. The summed E-state index contributed by atoms with van der Waals surface area (Å²) in [6.07, 6.45) is 1.54. The van der Waals surface area contributed by atoms with Crippen molar-refractivity contribution in [2.75, 3.05) is 11.4 Å². The van der Waals surface area contributed by atoms with Crippen molar-refractivity contribution in [2.24, 2.45) is 0 Å². The van der Waals surface area contributed by atoms with Crippen LogP contribution in [0.15, 0.2) is 42.5 Å². The maximum Gasteiger partial charge on any atom is 0.267 e. The maximum absolute atomic E-state index is 12.8. The summed E-state index contributed by atoms with van der Waals surface area (Å²) < 4.78 is 5.94. The zero-order valence-corrected chi connectivity index (χ0v) is 14.0. The molecule has 1 atom stereocenters. The molecular formula is C20H23NO2. The second-order valence-electron chi connectivity index (χ2n) is 6.25. The van der Waals surface area contributed by atoms with Gasteiger partial charge in [-0.2, -0.15) is 0 Å². The van der Waals surface area contributed by atoms with Crippen molar-refractivity contribution >= 4 is 11.6 Å². The fraction of sp³-hybridized carbons (Fsp3) is 0.350. The Hall–Kier alpha value is -2.29. The molecule has 0 saturated carbocycles. The van der Waals surface area contributed by atoms with E-state index in [1.165, 1.54) is 11.1 Å². The van der Waals surface area contributed by atoms with Crippen LogP contribution in [0.4, 0.5) is 5.69 Å². The number of para-hydroxylation sites is 1. The molecule has 0 aliphatic carbocycles. The number of anilines is 1. The zero-order chi connectivity index (χ0) is 16.4. The number of amides is 1. The van der Waals surface area contributed by atoms with E-state index in [2.05, 4.69) is 19.1 Å². The monoisotopic (exact) mass is 309 g/mol. The van der Waals surface area contributed by atoms with Crippen molar-refractivity contribution < 1.29 is 9.53 Å². The molecule has 0 aromatic heterocycles. The van der Waals surface area contributed by atoms with E-state index in [4.69, 9.17) is 4.74 Å². The number of benzene rings is 2. The Morgan fingerprint density at radius 3 is 2.74 bits per heavy atom. The van der Waals surface area contributed by atoms with E-state index < -0.39 is 6.10 Å². The lowest BCUT2D eigenvalue weighted by Gasteiger charge is -2.31. The van der Waals surface area contributed by atoms with Gasteiger partial charge < -0.3 is 9.64 Å². The first kappa shape index (κ1) is 15.6. The Labute approximate surface area is 137 Å². The van der Waals surface area contributed by atoms with Crippen molar-refractivity contribution in [2.45, 2.75) is 39.7 Å². The van der Waals surface area contributed by atoms with Gasteiger partial charge in [0.1, 0.15) is 5.75 Å². The van der Waals surface area contributed by atoms with Crippen molar-refractivity contribution in [3.63, 3.8) is 0 Å². The van der Waals surface area contributed by atoms with Gasteiger partial charge in [-0.3, -0.25) is 4.79 Å².